The highest BCUT2D eigenvalue weighted by atomic mass is 16.5. The van der Waals surface area contributed by atoms with Gasteiger partial charge >= 0.3 is 5.97 Å². The summed E-state index contributed by atoms with van der Waals surface area (Å²) in [6.45, 7) is 6.55. The van der Waals surface area contributed by atoms with E-state index in [9.17, 15) is 9.59 Å². The molecule has 0 spiro atoms. The summed E-state index contributed by atoms with van der Waals surface area (Å²) in [6.07, 6.45) is 3.52. The predicted molar refractivity (Wildman–Crippen MR) is 139 cm³/mol. The fraction of sp³-hybridized carbons (Fsp3) is 0.296. The molecule has 10 nitrogen and oxygen atoms in total. The summed E-state index contributed by atoms with van der Waals surface area (Å²) in [5.74, 6) is -0.414. The van der Waals surface area contributed by atoms with Crippen molar-refractivity contribution < 1.29 is 19.1 Å². The molecule has 1 aliphatic heterocycles. The maximum atomic E-state index is 12.7. The van der Waals surface area contributed by atoms with E-state index < -0.39 is 5.97 Å². The smallest absolute Gasteiger partial charge is 0.340 e. The lowest BCUT2D eigenvalue weighted by Crippen LogP contribution is -2.37. The molecule has 0 unspecified atom stereocenters. The second kappa shape index (κ2) is 11.5. The number of anilines is 3. The Morgan fingerprint density at radius 1 is 1.19 bits per heavy atom. The molecule has 0 atom stereocenters. The lowest BCUT2D eigenvalue weighted by molar-refractivity contribution is 0.0526. The van der Waals surface area contributed by atoms with Crippen LogP contribution in [0.1, 0.15) is 33.2 Å². The van der Waals surface area contributed by atoms with Crippen LogP contribution in [-0.2, 0) is 9.47 Å². The number of morpholine rings is 1. The third kappa shape index (κ3) is 5.85. The van der Waals surface area contributed by atoms with E-state index in [-0.39, 0.29) is 12.5 Å². The van der Waals surface area contributed by atoms with Crippen LogP contribution in [0.2, 0.25) is 0 Å². The molecule has 2 heterocycles. The molecular formula is C27H28N6O4. The fourth-order valence-electron chi connectivity index (χ4n) is 4.00. The molecule has 0 bridgehead atoms. The molecule has 37 heavy (non-hydrogen) atoms. The van der Waals surface area contributed by atoms with Crippen LogP contribution < -0.4 is 10.2 Å². The van der Waals surface area contributed by atoms with Gasteiger partial charge in [-0.05, 0) is 49.7 Å². The quantitative estimate of drug-likeness (QED) is 0.294. The van der Waals surface area contributed by atoms with Crippen molar-refractivity contribution in [2.45, 2.75) is 13.8 Å². The van der Waals surface area contributed by atoms with Crippen LogP contribution in [-0.4, -0.2) is 66.7 Å². The molecule has 2 aromatic carbocycles. The Labute approximate surface area is 215 Å². The topological polar surface area (TPSA) is 121 Å². The molecule has 190 valence electrons. The SMILES string of the molecule is CCOC(=O)c1cc(Nc2ncc(C)c(-c3ccc(C(=O)N(C)C#N)cc3)n2)ccc1N1CCOCC1. The van der Waals surface area contributed by atoms with E-state index in [4.69, 9.17) is 14.7 Å². The molecule has 1 saturated heterocycles. The summed E-state index contributed by atoms with van der Waals surface area (Å²) < 4.78 is 10.7. The van der Waals surface area contributed by atoms with Crippen LogP contribution in [0.5, 0.6) is 0 Å². The van der Waals surface area contributed by atoms with E-state index in [2.05, 4.69) is 20.2 Å². The van der Waals surface area contributed by atoms with E-state index in [0.29, 0.717) is 54.8 Å². The van der Waals surface area contributed by atoms with E-state index in [1.54, 1.807) is 49.6 Å². The summed E-state index contributed by atoms with van der Waals surface area (Å²) in [5, 5.41) is 12.1. The number of aromatic nitrogens is 2. The number of hydrogen-bond donors (Lipinski definition) is 1. The van der Waals surface area contributed by atoms with E-state index >= 15 is 0 Å². The normalized spacial score (nSPS) is 13.0. The molecule has 4 rings (SSSR count). The van der Waals surface area contributed by atoms with Crippen molar-refractivity contribution >= 4 is 29.2 Å². The van der Waals surface area contributed by atoms with Crippen molar-refractivity contribution in [1.29, 1.82) is 5.26 Å². The van der Waals surface area contributed by atoms with E-state index in [1.165, 1.54) is 7.05 Å². The van der Waals surface area contributed by atoms with Crippen LogP contribution in [0.4, 0.5) is 17.3 Å². The number of nitriles is 1. The monoisotopic (exact) mass is 500 g/mol. The zero-order chi connectivity index (χ0) is 26.4. The van der Waals surface area contributed by atoms with Crippen LogP contribution in [0.3, 0.4) is 0 Å². The molecule has 10 heteroatoms. The minimum atomic E-state index is -0.394. The number of hydrogen-bond acceptors (Lipinski definition) is 9. The van der Waals surface area contributed by atoms with Crippen LogP contribution in [0.15, 0.2) is 48.7 Å². The lowest BCUT2D eigenvalue weighted by Gasteiger charge is -2.30. The van der Waals surface area contributed by atoms with Gasteiger partial charge in [-0.15, -0.1) is 0 Å². The van der Waals surface area contributed by atoms with Crippen LogP contribution >= 0.6 is 0 Å². The van der Waals surface area contributed by atoms with Gasteiger partial charge in [-0.2, -0.15) is 5.26 Å². The predicted octanol–water partition coefficient (Wildman–Crippen LogP) is 3.76. The van der Waals surface area contributed by atoms with Gasteiger partial charge < -0.3 is 19.7 Å². The molecule has 0 saturated carbocycles. The third-order valence-corrected chi connectivity index (χ3v) is 5.93. The third-order valence-electron chi connectivity index (χ3n) is 5.93. The van der Waals surface area contributed by atoms with Crippen LogP contribution in [0, 0.1) is 18.4 Å². The molecule has 1 fully saturated rings. The van der Waals surface area contributed by atoms with Gasteiger partial charge in [0.1, 0.15) is 0 Å². The largest absolute Gasteiger partial charge is 0.462 e. The van der Waals surface area contributed by atoms with Gasteiger partial charge in [0, 0.05) is 43.1 Å². The van der Waals surface area contributed by atoms with Gasteiger partial charge in [0.15, 0.2) is 6.19 Å². The van der Waals surface area contributed by atoms with E-state index in [1.807, 2.05) is 19.1 Å². The maximum Gasteiger partial charge on any atom is 0.340 e. The Hall–Kier alpha value is -4.49. The lowest BCUT2D eigenvalue weighted by atomic mass is 10.1. The first kappa shape index (κ1) is 25.6. The highest BCUT2D eigenvalue weighted by molar-refractivity contribution is 5.97. The van der Waals surface area contributed by atoms with Gasteiger partial charge in [0.2, 0.25) is 5.95 Å². The van der Waals surface area contributed by atoms with Gasteiger partial charge in [-0.3, -0.25) is 4.79 Å². The molecule has 1 aliphatic rings. The van der Waals surface area contributed by atoms with Crippen molar-refractivity contribution in [2.24, 2.45) is 0 Å². The molecule has 1 aromatic heterocycles. The van der Waals surface area contributed by atoms with Gasteiger partial charge in [0.05, 0.1) is 36.8 Å². The average Bonchev–Trinajstić information content (AvgIpc) is 2.94. The number of carbonyl (C=O) groups excluding carboxylic acids is 2. The summed E-state index contributed by atoms with van der Waals surface area (Å²) in [6, 6.07) is 12.4. The second-order valence-electron chi connectivity index (χ2n) is 8.44. The van der Waals surface area contributed by atoms with Crippen molar-refractivity contribution in [3.63, 3.8) is 0 Å². The van der Waals surface area contributed by atoms with Crippen molar-refractivity contribution in [3.05, 3.63) is 65.4 Å². The number of nitrogens with zero attached hydrogens (tertiary/aromatic N) is 5. The molecule has 0 radical (unpaired) electrons. The summed E-state index contributed by atoms with van der Waals surface area (Å²) in [7, 11) is 1.42. The second-order valence-corrected chi connectivity index (χ2v) is 8.44. The number of carbonyl (C=O) groups is 2. The number of rotatable bonds is 7. The summed E-state index contributed by atoms with van der Waals surface area (Å²) in [4.78, 5) is 37.1. The number of amides is 1. The number of ether oxygens (including phenoxy) is 2. The van der Waals surface area contributed by atoms with Crippen molar-refractivity contribution in [2.75, 3.05) is 50.2 Å². The average molecular weight is 501 g/mol. The highest BCUT2D eigenvalue weighted by Gasteiger charge is 2.21. The number of esters is 1. The first-order valence-corrected chi connectivity index (χ1v) is 11.9. The minimum absolute atomic E-state index is 0.278. The molecular weight excluding hydrogens is 472 g/mol. The Bertz CT molecular complexity index is 1330. The van der Waals surface area contributed by atoms with Crippen molar-refractivity contribution in [1.82, 2.24) is 14.9 Å². The Morgan fingerprint density at radius 3 is 2.59 bits per heavy atom. The number of aryl methyl sites for hydroxylation is 1. The number of nitrogens with one attached hydrogen (secondary N) is 1. The Kier molecular flexibility index (Phi) is 7.95. The van der Waals surface area contributed by atoms with Crippen molar-refractivity contribution in [3.8, 4) is 17.5 Å². The molecule has 1 amide bonds. The fourth-order valence-corrected chi connectivity index (χ4v) is 4.00. The maximum absolute atomic E-state index is 12.7. The first-order valence-electron chi connectivity index (χ1n) is 11.9. The molecule has 0 aliphatic carbocycles. The van der Waals surface area contributed by atoms with Crippen LogP contribution in [0.25, 0.3) is 11.3 Å². The molecule has 1 N–H and O–H groups in total. The minimum Gasteiger partial charge on any atom is -0.462 e. The summed E-state index contributed by atoms with van der Waals surface area (Å²) >= 11 is 0. The van der Waals surface area contributed by atoms with E-state index in [0.717, 1.165) is 21.7 Å². The molecule has 3 aromatic rings. The van der Waals surface area contributed by atoms with Gasteiger partial charge in [-0.1, -0.05) is 12.1 Å². The first-order chi connectivity index (χ1) is 17.9. The van der Waals surface area contributed by atoms with Gasteiger partial charge in [-0.25, -0.2) is 19.7 Å². The number of benzene rings is 2. The Balaban J connectivity index is 1.60. The zero-order valence-corrected chi connectivity index (χ0v) is 21.0. The van der Waals surface area contributed by atoms with Gasteiger partial charge in [0.25, 0.3) is 5.91 Å². The highest BCUT2D eigenvalue weighted by Crippen LogP contribution is 2.28. The zero-order valence-electron chi connectivity index (χ0n) is 21.0. The summed E-state index contributed by atoms with van der Waals surface area (Å²) in [5.41, 5.74) is 4.67. The standard InChI is InChI=1S/C27H28N6O4/c1-4-37-26(35)22-15-21(9-10-23(22)33-11-13-36-14-12-33)30-27-29-16-18(2)24(31-27)19-5-7-20(8-6-19)25(34)32(3)17-28/h5-10,15-16H,4,11-14H2,1-3H3,(H,29,30,31). The Morgan fingerprint density at radius 2 is 1.92 bits per heavy atom.